The first-order valence-corrected chi connectivity index (χ1v) is 10.1. The lowest BCUT2D eigenvalue weighted by atomic mass is 9.57. The van der Waals surface area contributed by atoms with Gasteiger partial charge in [0.05, 0.1) is 6.20 Å². The fourth-order valence-corrected chi connectivity index (χ4v) is 4.59. The zero-order valence-electron chi connectivity index (χ0n) is 17.1. The van der Waals surface area contributed by atoms with Crippen LogP contribution in [0.25, 0.3) is 22.0 Å². The lowest BCUT2D eigenvalue weighted by molar-refractivity contribution is -0.203. The van der Waals surface area contributed by atoms with Crippen molar-refractivity contribution < 1.29 is 22.8 Å². The number of halogens is 3. The van der Waals surface area contributed by atoms with Crippen molar-refractivity contribution in [2.75, 3.05) is 18.4 Å². The molecule has 3 heterocycles. The Balaban J connectivity index is 1.22. The van der Waals surface area contributed by atoms with Gasteiger partial charge in [-0.1, -0.05) is 17.3 Å². The summed E-state index contributed by atoms with van der Waals surface area (Å²) in [6.45, 7) is 0.100. The number of aryl methyl sites for hydroxylation is 1. The molecule has 2 amide bonds. The van der Waals surface area contributed by atoms with Crippen LogP contribution < -0.4 is 5.32 Å². The smallest absolute Gasteiger partial charge is 0.334 e. The first-order valence-electron chi connectivity index (χ1n) is 10.1. The number of hydrogen-bond acceptors (Lipinski definition) is 5. The van der Waals surface area contributed by atoms with Gasteiger partial charge >= 0.3 is 12.1 Å². The molecular formula is C21H19F3N6O2. The van der Waals surface area contributed by atoms with E-state index in [1.54, 1.807) is 30.2 Å². The summed E-state index contributed by atoms with van der Waals surface area (Å²) in [5, 5.41) is 12.6. The molecular weight excluding hydrogens is 425 g/mol. The molecule has 1 spiro atoms. The molecule has 3 aromatic rings. The molecule has 5 rings (SSSR count). The molecule has 11 heteroatoms. The van der Waals surface area contributed by atoms with Gasteiger partial charge in [0.25, 0.3) is 0 Å². The molecule has 32 heavy (non-hydrogen) atoms. The molecule has 1 saturated carbocycles. The van der Waals surface area contributed by atoms with Crippen LogP contribution in [-0.2, 0) is 16.6 Å². The van der Waals surface area contributed by atoms with Crippen LogP contribution in [-0.4, -0.2) is 56.0 Å². The molecule has 8 nitrogen and oxygen atoms in total. The van der Waals surface area contributed by atoms with E-state index in [4.69, 9.17) is 0 Å². The third kappa shape index (κ3) is 3.57. The summed E-state index contributed by atoms with van der Waals surface area (Å²) in [6.07, 6.45) is -0.450. The summed E-state index contributed by atoms with van der Waals surface area (Å²) in [6, 6.07) is 7.55. The normalized spacial score (nSPS) is 17.8. The summed E-state index contributed by atoms with van der Waals surface area (Å²) in [5.74, 6) is -1.92. The Morgan fingerprint density at radius 2 is 1.91 bits per heavy atom. The van der Waals surface area contributed by atoms with Gasteiger partial charge in [0, 0.05) is 48.6 Å². The number of amides is 2. The molecule has 0 bridgehead atoms. The van der Waals surface area contributed by atoms with E-state index >= 15 is 0 Å². The van der Waals surface area contributed by atoms with Crippen molar-refractivity contribution in [2.45, 2.75) is 19.0 Å². The summed E-state index contributed by atoms with van der Waals surface area (Å²) in [7, 11) is 1.79. The monoisotopic (exact) mass is 444 g/mol. The molecule has 2 aromatic heterocycles. The van der Waals surface area contributed by atoms with Crippen molar-refractivity contribution in [2.24, 2.45) is 18.4 Å². The highest BCUT2D eigenvalue weighted by atomic mass is 19.4. The number of pyridine rings is 1. The number of likely N-dealkylation sites (tertiary alicyclic amines) is 1. The second-order valence-electron chi connectivity index (χ2n) is 8.66. The number of alkyl halides is 3. The maximum Gasteiger partial charge on any atom is 0.471 e. The Labute approximate surface area is 180 Å². The first-order chi connectivity index (χ1) is 15.1. The zero-order chi connectivity index (χ0) is 22.7. The minimum atomic E-state index is -4.85. The molecule has 1 saturated heterocycles. The van der Waals surface area contributed by atoms with E-state index in [2.05, 4.69) is 20.6 Å². The molecule has 0 atom stereocenters. The van der Waals surface area contributed by atoms with E-state index in [-0.39, 0.29) is 30.3 Å². The number of aromatic nitrogens is 4. The number of hydrogen-bond donors (Lipinski definition) is 1. The van der Waals surface area contributed by atoms with E-state index in [1.165, 1.54) is 0 Å². The van der Waals surface area contributed by atoms with Crippen molar-refractivity contribution in [3.63, 3.8) is 0 Å². The van der Waals surface area contributed by atoms with E-state index in [9.17, 15) is 22.8 Å². The van der Waals surface area contributed by atoms with E-state index in [1.807, 2.05) is 18.2 Å². The Bertz CT molecular complexity index is 1220. The number of nitrogens with one attached hydrogen (secondary N) is 1. The summed E-state index contributed by atoms with van der Waals surface area (Å²) >= 11 is 0. The quantitative estimate of drug-likeness (QED) is 0.671. The highest BCUT2D eigenvalue weighted by molar-refractivity contribution is 5.95. The molecule has 1 aliphatic heterocycles. The van der Waals surface area contributed by atoms with Crippen LogP contribution in [0.15, 0.2) is 36.7 Å². The lowest BCUT2D eigenvalue weighted by Gasteiger charge is -2.58. The van der Waals surface area contributed by atoms with Crippen molar-refractivity contribution in [1.29, 1.82) is 0 Å². The fourth-order valence-electron chi connectivity index (χ4n) is 4.59. The number of rotatable bonds is 3. The van der Waals surface area contributed by atoms with Crippen molar-refractivity contribution in [3.8, 4) is 11.3 Å². The molecule has 166 valence electrons. The highest BCUT2D eigenvalue weighted by Crippen LogP contribution is 2.52. The van der Waals surface area contributed by atoms with Crippen molar-refractivity contribution in [3.05, 3.63) is 36.7 Å². The topological polar surface area (TPSA) is 93.0 Å². The van der Waals surface area contributed by atoms with Crippen LogP contribution in [0.5, 0.6) is 0 Å². The summed E-state index contributed by atoms with van der Waals surface area (Å²) < 4.78 is 39.1. The van der Waals surface area contributed by atoms with Crippen LogP contribution in [0, 0.1) is 11.3 Å². The Morgan fingerprint density at radius 1 is 1.16 bits per heavy atom. The van der Waals surface area contributed by atoms with E-state index < -0.39 is 12.1 Å². The van der Waals surface area contributed by atoms with Crippen molar-refractivity contribution in [1.82, 2.24) is 24.9 Å². The standard InChI is InChI=1S/C21H19F3N6O2/c1-29-9-16(27-28-29)12-2-3-13-8-25-17(5-14(13)4-12)26-18(31)15-6-20(7-15)10-30(11-20)19(32)21(22,23)24/h2-5,8-9,15H,6-7,10-11H2,1H3,(H,25,26,31). The van der Waals surface area contributed by atoms with Crippen LogP contribution in [0.2, 0.25) is 0 Å². The maximum absolute atomic E-state index is 12.6. The first kappa shape index (κ1) is 20.4. The molecule has 2 aliphatic rings. The lowest BCUT2D eigenvalue weighted by Crippen LogP contribution is -2.66. The van der Waals surface area contributed by atoms with Gasteiger partial charge in [0.1, 0.15) is 11.5 Å². The average molecular weight is 444 g/mol. The summed E-state index contributed by atoms with van der Waals surface area (Å²) in [4.78, 5) is 28.9. The molecule has 1 aromatic carbocycles. The number of fused-ring (bicyclic) bond motifs is 1. The molecule has 0 radical (unpaired) electrons. The number of carbonyl (C=O) groups is 2. The van der Waals surface area contributed by atoms with Crippen LogP contribution in [0.3, 0.4) is 0 Å². The molecule has 2 fully saturated rings. The third-order valence-electron chi connectivity index (χ3n) is 6.18. The SMILES string of the molecule is Cn1cc(-c2ccc3cnc(NC(=O)C4CC5(C4)CN(C(=O)C(F)(F)F)C5)cc3c2)nn1. The van der Waals surface area contributed by atoms with E-state index in [0.717, 1.165) is 26.9 Å². The van der Waals surface area contributed by atoms with Gasteiger partial charge < -0.3 is 10.2 Å². The van der Waals surface area contributed by atoms with Gasteiger partial charge in [-0.3, -0.25) is 14.3 Å². The zero-order valence-corrected chi connectivity index (χ0v) is 17.1. The Kier molecular flexibility index (Phi) is 4.47. The molecule has 0 unspecified atom stereocenters. The van der Waals surface area contributed by atoms with Gasteiger partial charge in [-0.15, -0.1) is 5.10 Å². The fraction of sp³-hybridized carbons (Fsp3) is 0.381. The summed E-state index contributed by atoms with van der Waals surface area (Å²) in [5.41, 5.74) is 1.25. The maximum atomic E-state index is 12.6. The van der Waals surface area contributed by atoms with Gasteiger partial charge in [-0.2, -0.15) is 13.2 Å². The number of anilines is 1. The highest BCUT2D eigenvalue weighted by Gasteiger charge is 2.58. The third-order valence-corrected chi connectivity index (χ3v) is 6.18. The molecule has 1 aliphatic carbocycles. The average Bonchev–Trinajstić information content (AvgIpc) is 3.10. The van der Waals surface area contributed by atoms with Crippen molar-refractivity contribution >= 4 is 28.4 Å². The number of carbonyl (C=O) groups excluding carboxylic acids is 2. The molecule has 1 N–H and O–H groups in total. The predicted octanol–water partition coefficient (Wildman–Crippen LogP) is 2.77. The number of benzene rings is 1. The second-order valence-corrected chi connectivity index (χ2v) is 8.66. The van der Waals surface area contributed by atoms with Crippen LogP contribution in [0.1, 0.15) is 12.8 Å². The van der Waals surface area contributed by atoms with E-state index in [0.29, 0.717) is 18.7 Å². The number of nitrogens with zero attached hydrogens (tertiary/aromatic N) is 5. The minimum Gasteiger partial charge on any atom is -0.334 e. The Morgan fingerprint density at radius 3 is 2.56 bits per heavy atom. The van der Waals surface area contributed by atoms with Gasteiger partial charge in [-0.25, -0.2) is 4.98 Å². The van der Waals surface area contributed by atoms with Gasteiger partial charge in [-0.05, 0) is 30.4 Å². The largest absolute Gasteiger partial charge is 0.471 e. The van der Waals surface area contributed by atoms with Gasteiger partial charge in [0.15, 0.2) is 0 Å². The Hall–Kier alpha value is -3.50. The minimum absolute atomic E-state index is 0.0501. The second kappa shape index (κ2) is 7.01. The van der Waals surface area contributed by atoms with Crippen LogP contribution >= 0.6 is 0 Å². The van der Waals surface area contributed by atoms with Crippen LogP contribution in [0.4, 0.5) is 19.0 Å². The van der Waals surface area contributed by atoms with Gasteiger partial charge in [0.2, 0.25) is 5.91 Å². The predicted molar refractivity (Wildman–Crippen MR) is 108 cm³/mol.